The van der Waals surface area contributed by atoms with E-state index in [1.54, 1.807) is 12.4 Å². The van der Waals surface area contributed by atoms with Crippen LogP contribution in [0.15, 0.2) is 58.4 Å². The van der Waals surface area contributed by atoms with E-state index < -0.39 is 0 Å². The number of aryl methyl sites for hydroxylation is 1. The van der Waals surface area contributed by atoms with Crippen LogP contribution in [0.4, 0.5) is 0 Å². The van der Waals surface area contributed by atoms with Gasteiger partial charge in [-0.1, -0.05) is 23.4 Å². The van der Waals surface area contributed by atoms with Crippen LogP contribution in [-0.4, -0.2) is 21.0 Å². The lowest BCUT2D eigenvalue weighted by molar-refractivity contribution is 0.248. The first-order valence-corrected chi connectivity index (χ1v) is 7.78. The van der Waals surface area contributed by atoms with Gasteiger partial charge in [0, 0.05) is 29.1 Å². The first-order chi connectivity index (χ1) is 11.8. The Morgan fingerprint density at radius 3 is 2.58 bits per heavy atom. The number of nitrogens with zero attached hydrogens (tertiary/aromatic N) is 2. The van der Waals surface area contributed by atoms with Crippen molar-refractivity contribution < 1.29 is 14.7 Å². The van der Waals surface area contributed by atoms with Crippen LogP contribution < -0.4 is 0 Å². The standard InChI is InChI=1S/C19H16N2O3/c22-11-15-10-17(19(24-15)12-5-7-20-8-6-12)14-1-3-16-13(9-14)2-4-18(16)21-23/h1,3,5-10,22-23H,2,4,11H2/b21-18+. The van der Waals surface area contributed by atoms with Gasteiger partial charge in [0.05, 0.1) is 5.71 Å². The minimum atomic E-state index is -0.148. The number of aliphatic hydroxyl groups is 1. The SMILES string of the molecule is OCc1cc(-c2ccc3c(c2)CC/C3=N\O)c(-c2ccncc2)o1. The van der Waals surface area contributed by atoms with Gasteiger partial charge in [0.25, 0.3) is 0 Å². The second-order valence-corrected chi connectivity index (χ2v) is 5.77. The average Bonchev–Trinajstić information content (AvgIpc) is 3.25. The highest BCUT2D eigenvalue weighted by Gasteiger charge is 2.21. The fourth-order valence-electron chi connectivity index (χ4n) is 3.19. The molecule has 0 amide bonds. The third-order valence-electron chi connectivity index (χ3n) is 4.36. The van der Waals surface area contributed by atoms with Crippen molar-refractivity contribution in [3.63, 3.8) is 0 Å². The average molecular weight is 320 g/mol. The largest absolute Gasteiger partial charge is 0.458 e. The lowest BCUT2D eigenvalue weighted by Gasteiger charge is -2.06. The van der Waals surface area contributed by atoms with E-state index in [0.717, 1.165) is 52.1 Å². The number of furan rings is 1. The van der Waals surface area contributed by atoms with Crippen molar-refractivity contribution in [2.75, 3.05) is 0 Å². The molecule has 5 heteroatoms. The Bertz CT molecular complexity index is 914. The zero-order valence-electron chi connectivity index (χ0n) is 12.9. The van der Waals surface area contributed by atoms with E-state index in [1.165, 1.54) is 0 Å². The van der Waals surface area contributed by atoms with Crippen molar-refractivity contribution in [1.29, 1.82) is 0 Å². The van der Waals surface area contributed by atoms with Gasteiger partial charge in [-0.15, -0.1) is 0 Å². The Morgan fingerprint density at radius 1 is 1.00 bits per heavy atom. The van der Waals surface area contributed by atoms with Gasteiger partial charge in [-0.25, -0.2) is 0 Å². The molecule has 2 N–H and O–H groups in total. The molecule has 5 nitrogen and oxygen atoms in total. The van der Waals surface area contributed by atoms with Crippen molar-refractivity contribution in [2.45, 2.75) is 19.4 Å². The Balaban J connectivity index is 1.84. The molecule has 1 aliphatic rings. The first-order valence-electron chi connectivity index (χ1n) is 7.78. The molecule has 24 heavy (non-hydrogen) atoms. The molecule has 0 spiro atoms. The number of rotatable bonds is 3. The number of aromatic nitrogens is 1. The minimum absolute atomic E-state index is 0.148. The van der Waals surface area contributed by atoms with Crippen LogP contribution in [0.1, 0.15) is 23.3 Å². The van der Waals surface area contributed by atoms with E-state index in [4.69, 9.17) is 9.62 Å². The topological polar surface area (TPSA) is 78.9 Å². The molecule has 3 aromatic rings. The summed E-state index contributed by atoms with van der Waals surface area (Å²) in [6.07, 6.45) is 5.04. The van der Waals surface area contributed by atoms with Gasteiger partial charge in [0.1, 0.15) is 18.1 Å². The highest BCUT2D eigenvalue weighted by Crippen LogP contribution is 2.37. The highest BCUT2D eigenvalue weighted by atomic mass is 16.4. The first kappa shape index (κ1) is 14.7. The second kappa shape index (κ2) is 5.94. The van der Waals surface area contributed by atoms with Crippen LogP contribution in [0.2, 0.25) is 0 Å². The smallest absolute Gasteiger partial charge is 0.142 e. The van der Waals surface area contributed by atoms with Crippen LogP contribution in [0, 0.1) is 0 Å². The molecule has 0 saturated carbocycles. The summed E-state index contributed by atoms with van der Waals surface area (Å²) < 4.78 is 5.82. The Morgan fingerprint density at radius 2 is 1.83 bits per heavy atom. The minimum Gasteiger partial charge on any atom is -0.458 e. The van der Waals surface area contributed by atoms with Gasteiger partial charge in [-0.2, -0.15) is 0 Å². The molecule has 0 saturated heterocycles. The summed E-state index contributed by atoms with van der Waals surface area (Å²) >= 11 is 0. The van der Waals surface area contributed by atoms with Crippen LogP contribution in [0.3, 0.4) is 0 Å². The molecule has 0 radical (unpaired) electrons. The summed E-state index contributed by atoms with van der Waals surface area (Å²) in [5.41, 5.74) is 5.75. The highest BCUT2D eigenvalue weighted by molar-refractivity contribution is 6.04. The Hall–Kier alpha value is -2.92. The van der Waals surface area contributed by atoms with Crippen LogP contribution in [0.25, 0.3) is 22.5 Å². The summed E-state index contributed by atoms with van der Waals surface area (Å²) in [6.45, 7) is -0.148. The van der Waals surface area contributed by atoms with E-state index in [2.05, 4.69) is 16.2 Å². The van der Waals surface area contributed by atoms with E-state index >= 15 is 0 Å². The lowest BCUT2D eigenvalue weighted by atomic mass is 9.98. The number of benzene rings is 1. The molecule has 4 rings (SSSR count). The fourth-order valence-corrected chi connectivity index (χ4v) is 3.19. The second-order valence-electron chi connectivity index (χ2n) is 5.77. The molecule has 2 aromatic heterocycles. The van der Waals surface area contributed by atoms with Crippen molar-refractivity contribution in [1.82, 2.24) is 4.98 Å². The summed E-state index contributed by atoms with van der Waals surface area (Å²) in [7, 11) is 0. The van der Waals surface area contributed by atoms with E-state index in [1.807, 2.05) is 30.3 Å². The number of oxime groups is 1. The maximum absolute atomic E-state index is 9.44. The number of fused-ring (bicyclic) bond motifs is 1. The zero-order valence-corrected chi connectivity index (χ0v) is 12.9. The summed E-state index contributed by atoms with van der Waals surface area (Å²) in [5.74, 6) is 1.24. The molecule has 0 bridgehead atoms. The number of hydrogen-bond donors (Lipinski definition) is 2. The predicted molar refractivity (Wildman–Crippen MR) is 89.9 cm³/mol. The molecule has 0 atom stereocenters. The molecule has 2 heterocycles. The molecular weight excluding hydrogens is 304 g/mol. The van der Waals surface area contributed by atoms with Crippen LogP contribution in [0.5, 0.6) is 0 Å². The lowest BCUT2D eigenvalue weighted by Crippen LogP contribution is -1.93. The number of pyridine rings is 1. The third-order valence-corrected chi connectivity index (χ3v) is 4.36. The molecule has 0 unspecified atom stereocenters. The van der Waals surface area contributed by atoms with Crippen LogP contribution in [-0.2, 0) is 13.0 Å². The van der Waals surface area contributed by atoms with Crippen molar-refractivity contribution >= 4 is 5.71 Å². The third kappa shape index (κ3) is 2.39. The maximum Gasteiger partial charge on any atom is 0.142 e. The van der Waals surface area contributed by atoms with Gasteiger partial charge in [0.2, 0.25) is 0 Å². The zero-order chi connectivity index (χ0) is 16.5. The quantitative estimate of drug-likeness (QED) is 0.570. The molecular formula is C19H16N2O3. The van der Waals surface area contributed by atoms with E-state index in [0.29, 0.717) is 5.76 Å². The van der Waals surface area contributed by atoms with E-state index in [-0.39, 0.29) is 6.61 Å². The monoisotopic (exact) mass is 320 g/mol. The molecule has 0 fully saturated rings. The normalized spacial score (nSPS) is 15.0. The number of hydrogen-bond acceptors (Lipinski definition) is 5. The van der Waals surface area contributed by atoms with Gasteiger partial charge in [0.15, 0.2) is 0 Å². The van der Waals surface area contributed by atoms with Gasteiger partial charge < -0.3 is 14.7 Å². The predicted octanol–water partition coefficient (Wildman–Crippen LogP) is 3.63. The molecule has 120 valence electrons. The van der Waals surface area contributed by atoms with Gasteiger partial charge in [-0.3, -0.25) is 4.98 Å². The van der Waals surface area contributed by atoms with Crippen molar-refractivity contribution in [3.8, 4) is 22.5 Å². The number of aliphatic hydroxyl groups excluding tert-OH is 1. The van der Waals surface area contributed by atoms with Crippen LogP contribution >= 0.6 is 0 Å². The van der Waals surface area contributed by atoms with Crippen molar-refractivity contribution in [2.24, 2.45) is 5.16 Å². The molecule has 1 aromatic carbocycles. The summed E-state index contributed by atoms with van der Waals surface area (Å²) in [5, 5.41) is 21.9. The maximum atomic E-state index is 9.44. The van der Waals surface area contributed by atoms with Gasteiger partial charge >= 0.3 is 0 Å². The van der Waals surface area contributed by atoms with E-state index in [9.17, 15) is 5.11 Å². The van der Waals surface area contributed by atoms with Crippen molar-refractivity contribution in [3.05, 3.63) is 65.7 Å². The molecule has 1 aliphatic carbocycles. The molecule has 0 aliphatic heterocycles. The summed E-state index contributed by atoms with van der Waals surface area (Å²) in [6, 6.07) is 11.7. The Labute approximate surface area is 138 Å². The van der Waals surface area contributed by atoms with Gasteiger partial charge in [-0.05, 0) is 42.2 Å². The fraction of sp³-hybridized carbons (Fsp3) is 0.158. The Kier molecular flexibility index (Phi) is 3.63. The summed E-state index contributed by atoms with van der Waals surface area (Å²) in [4.78, 5) is 4.04.